The Bertz CT molecular complexity index is 338. The van der Waals surface area contributed by atoms with Gasteiger partial charge in [-0.3, -0.25) is 0 Å². The minimum atomic E-state index is 0.728. The lowest BCUT2D eigenvalue weighted by atomic mass is 10.1. The molecule has 0 aliphatic heterocycles. The molecule has 114 valence electrons. The smallest absolute Gasteiger partial charge is 0.0719 e. The van der Waals surface area contributed by atoms with Gasteiger partial charge in [0.15, 0.2) is 0 Å². The lowest BCUT2D eigenvalue weighted by Gasteiger charge is -2.10. The van der Waals surface area contributed by atoms with Crippen molar-refractivity contribution in [1.29, 1.82) is 0 Å². The number of hydrogen-bond acceptors (Lipinski definition) is 2. The lowest BCUT2D eigenvalue weighted by molar-refractivity contribution is 0.133. The Morgan fingerprint density at radius 3 is 2.35 bits per heavy atom. The van der Waals surface area contributed by atoms with Crippen LogP contribution in [0.25, 0.3) is 0 Å². The molecule has 0 spiro atoms. The van der Waals surface area contributed by atoms with Crippen molar-refractivity contribution in [1.82, 2.24) is 5.32 Å². The van der Waals surface area contributed by atoms with Gasteiger partial charge in [0.2, 0.25) is 0 Å². The molecule has 0 saturated heterocycles. The van der Waals surface area contributed by atoms with Crippen molar-refractivity contribution in [3.63, 3.8) is 0 Å². The number of ether oxygens (including phenoxy) is 1. The molecule has 0 radical (unpaired) electrons. The maximum absolute atomic E-state index is 5.51. The molecule has 0 atom stereocenters. The van der Waals surface area contributed by atoms with Gasteiger partial charge in [0.05, 0.1) is 6.61 Å². The van der Waals surface area contributed by atoms with Crippen molar-refractivity contribution in [3.8, 4) is 0 Å². The third-order valence-corrected chi connectivity index (χ3v) is 3.60. The second kappa shape index (κ2) is 11.9. The molecule has 1 aromatic carbocycles. The minimum Gasteiger partial charge on any atom is -0.377 e. The fourth-order valence-corrected chi connectivity index (χ4v) is 2.34. The van der Waals surface area contributed by atoms with E-state index in [1.165, 1.54) is 49.7 Å². The van der Waals surface area contributed by atoms with E-state index in [0.717, 1.165) is 26.3 Å². The lowest BCUT2D eigenvalue weighted by Crippen LogP contribution is -2.16. The Hall–Kier alpha value is -0.860. The maximum Gasteiger partial charge on any atom is 0.0719 e. The molecule has 0 heterocycles. The molecule has 0 bridgehead atoms. The van der Waals surface area contributed by atoms with Crippen molar-refractivity contribution in [2.24, 2.45) is 0 Å². The first-order valence-electron chi connectivity index (χ1n) is 8.23. The largest absolute Gasteiger partial charge is 0.377 e. The quantitative estimate of drug-likeness (QED) is 0.560. The van der Waals surface area contributed by atoms with Gasteiger partial charge in [-0.1, -0.05) is 63.3 Å². The summed E-state index contributed by atoms with van der Waals surface area (Å²) in [7, 11) is 0. The molecule has 0 aliphatic carbocycles. The number of unbranched alkanes of at least 4 members (excludes halogenated alkanes) is 5. The Balaban J connectivity index is 2.15. The van der Waals surface area contributed by atoms with Crippen molar-refractivity contribution < 1.29 is 4.74 Å². The van der Waals surface area contributed by atoms with Crippen LogP contribution >= 0.6 is 0 Å². The summed E-state index contributed by atoms with van der Waals surface area (Å²) < 4.78 is 5.51. The van der Waals surface area contributed by atoms with E-state index in [1.54, 1.807) is 0 Å². The van der Waals surface area contributed by atoms with Crippen LogP contribution in [0.1, 0.15) is 63.5 Å². The fourth-order valence-electron chi connectivity index (χ4n) is 2.34. The molecule has 0 saturated carbocycles. The number of rotatable bonds is 12. The highest BCUT2D eigenvalue weighted by atomic mass is 16.5. The molecule has 1 rings (SSSR count). The van der Waals surface area contributed by atoms with Gasteiger partial charge in [-0.05, 0) is 31.0 Å². The van der Waals surface area contributed by atoms with Crippen LogP contribution in [-0.2, 0) is 17.9 Å². The van der Waals surface area contributed by atoms with Gasteiger partial charge < -0.3 is 10.1 Å². The molecule has 0 amide bonds. The summed E-state index contributed by atoms with van der Waals surface area (Å²) >= 11 is 0. The Morgan fingerprint density at radius 1 is 0.900 bits per heavy atom. The predicted octanol–water partition coefficient (Wildman–Crippen LogP) is 4.67. The second-order valence-electron chi connectivity index (χ2n) is 5.35. The van der Waals surface area contributed by atoms with Gasteiger partial charge in [-0.2, -0.15) is 0 Å². The topological polar surface area (TPSA) is 21.3 Å². The molecule has 2 heteroatoms. The van der Waals surface area contributed by atoms with Crippen molar-refractivity contribution in [2.75, 3.05) is 13.2 Å². The second-order valence-corrected chi connectivity index (χ2v) is 5.35. The van der Waals surface area contributed by atoms with Crippen molar-refractivity contribution in [2.45, 2.75) is 65.5 Å². The summed E-state index contributed by atoms with van der Waals surface area (Å²) in [5.74, 6) is 0. The van der Waals surface area contributed by atoms with Gasteiger partial charge in [0.1, 0.15) is 0 Å². The summed E-state index contributed by atoms with van der Waals surface area (Å²) in [5.41, 5.74) is 2.68. The number of benzene rings is 1. The Kier molecular flexibility index (Phi) is 10.3. The average Bonchev–Trinajstić information content (AvgIpc) is 2.49. The van der Waals surface area contributed by atoms with Crippen LogP contribution in [0.4, 0.5) is 0 Å². The first-order valence-corrected chi connectivity index (χ1v) is 8.23. The minimum absolute atomic E-state index is 0.728. The summed E-state index contributed by atoms with van der Waals surface area (Å²) in [6.07, 6.45) is 8.14. The highest BCUT2D eigenvalue weighted by Gasteiger charge is 2.01. The normalized spacial score (nSPS) is 10.9. The molecule has 1 N–H and O–H groups in total. The van der Waals surface area contributed by atoms with Gasteiger partial charge in [-0.25, -0.2) is 0 Å². The zero-order valence-electron chi connectivity index (χ0n) is 13.3. The first-order chi connectivity index (χ1) is 9.88. The number of hydrogen-bond donors (Lipinski definition) is 1. The van der Waals surface area contributed by atoms with E-state index >= 15 is 0 Å². The molecule has 1 aromatic rings. The van der Waals surface area contributed by atoms with E-state index in [2.05, 4.69) is 36.5 Å². The molecule has 20 heavy (non-hydrogen) atoms. The third-order valence-electron chi connectivity index (χ3n) is 3.60. The maximum atomic E-state index is 5.51. The van der Waals surface area contributed by atoms with Crippen LogP contribution in [0.15, 0.2) is 24.3 Å². The third kappa shape index (κ3) is 7.66. The van der Waals surface area contributed by atoms with Crippen molar-refractivity contribution >= 4 is 0 Å². The first kappa shape index (κ1) is 17.2. The molecular weight excluding hydrogens is 246 g/mol. The van der Waals surface area contributed by atoms with E-state index in [0.29, 0.717) is 0 Å². The van der Waals surface area contributed by atoms with Crippen molar-refractivity contribution in [3.05, 3.63) is 35.4 Å². The monoisotopic (exact) mass is 277 g/mol. The van der Waals surface area contributed by atoms with Gasteiger partial charge in [-0.15, -0.1) is 0 Å². The van der Waals surface area contributed by atoms with Crippen LogP contribution < -0.4 is 5.32 Å². The van der Waals surface area contributed by atoms with Crippen LogP contribution in [-0.4, -0.2) is 13.2 Å². The summed E-state index contributed by atoms with van der Waals surface area (Å²) in [6.45, 7) is 7.89. The van der Waals surface area contributed by atoms with Gasteiger partial charge in [0.25, 0.3) is 0 Å². The van der Waals surface area contributed by atoms with Gasteiger partial charge >= 0.3 is 0 Å². The zero-order valence-corrected chi connectivity index (χ0v) is 13.3. The number of nitrogens with one attached hydrogen (secondary N) is 1. The van der Waals surface area contributed by atoms with E-state index in [-0.39, 0.29) is 0 Å². The predicted molar refractivity (Wildman–Crippen MR) is 86.9 cm³/mol. The van der Waals surface area contributed by atoms with Crippen LogP contribution in [0.5, 0.6) is 0 Å². The van der Waals surface area contributed by atoms with Crippen LogP contribution in [0, 0.1) is 0 Å². The zero-order chi connectivity index (χ0) is 14.5. The SMILES string of the molecule is CCCCCCCCNCc1ccccc1COCC. The van der Waals surface area contributed by atoms with E-state index < -0.39 is 0 Å². The van der Waals surface area contributed by atoms with Crippen LogP contribution in [0.2, 0.25) is 0 Å². The standard InChI is InChI=1S/C18H31NO/c1-3-5-6-7-8-11-14-19-15-17-12-9-10-13-18(17)16-20-4-2/h9-10,12-13,19H,3-8,11,14-16H2,1-2H3. The Labute approximate surface area is 124 Å². The summed E-state index contributed by atoms with van der Waals surface area (Å²) in [5, 5.41) is 3.55. The van der Waals surface area contributed by atoms with E-state index in [9.17, 15) is 0 Å². The van der Waals surface area contributed by atoms with E-state index in [4.69, 9.17) is 4.74 Å². The highest BCUT2D eigenvalue weighted by Crippen LogP contribution is 2.10. The molecule has 0 fully saturated rings. The van der Waals surface area contributed by atoms with Crippen LogP contribution in [0.3, 0.4) is 0 Å². The Morgan fingerprint density at radius 2 is 1.60 bits per heavy atom. The molecule has 2 nitrogen and oxygen atoms in total. The fraction of sp³-hybridized carbons (Fsp3) is 0.667. The molecular formula is C18H31NO. The average molecular weight is 277 g/mol. The molecule has 0 aromatic heterocycles. The van der Waals surface area contributed by atoms with Gasteiger partial charge in [0, 0.05) is 13.2 Å². The van der Waals surface area contributed by atoms with E-state index in [1.807, 2.05) is 6.92 Å². The molecule has 0 aliphatic rings. The molecule has 0 unspecified atom stereocenters. The summed E-state index contributed by atoms with van der Waals surface area (Å²) in [6, 6.07) is 8.56. The highest BCUT2D eigenvalue weighted by molar-refractivity contribution is 5.26. The summed E-state index contributed by atoms with van der Waals surface area (Å²) in [4.78, 5) is 0.